The van der Waals surface area contributed by atoms with Crippen LogP contribution in [-0.4, -0.2) is 25.9 Å². The van der Waals surface area contributed by atoms with Gasteiger partial charge in [0.15, 0.2) is 11.5 Å². The fourth-order valence-electron chi connectivity index (χ4n) is 1.46. The molecule has 0 aromatic heterocycles. The summed E-state index contributed by atoms with van der Waals surface area (Å²) in [7, 11) is 3.08. The lowest BCUT2D eigenvalue weighted by molar-refractivity contribution is 0.240. The van der Waals surface area contributed by atoms with Crippen molar-refractivity contribution in [3.8, 4) is 23.0 Å². The molecule has 4 heteroatoms. The van der Waals surface area contributed by atoms with Crippen LogP contribution in [0.3, 0.4) is 0 Å². The van der Waals surface area contributed by atoms with Gasteiger partial charge in [0.25, 0.3) is 0 Å². The van der Waals surface area contributed by atoms with Gasteiger partial charge in [0, 0.05) is 0 Å². The number of phenolic OH excluding ortho intramolecular Hbond substituents is 1. The Kier molecular flexibility index (Phi) is 4.49. The molecule has 1 rings (SSSR count). The standard InChI is InChI=1S/C13H20O4/c1-8(2)7-17-13-11(14)9(3)6-10(15-4)12(13)16-5/h6,8,14H,7H2,1-5H3. The summed E-state index contributed by atoms with van der Waals surface area (Å²) in [6, 6.07) is 1.72. The van der Waals surface area contributed by atoms with Crippen LogP contribution < -0.4 is 14.2 Å². The minimum atomic E-state index is 0.100. The van der Waals surface area contributed by atoms with Gasteiger partial charge in [-0.2, -0.15) is 0 Å². The maximum atomic E-state index is 9.98. The molecule has 17 heavy (non-hydrogen) atoms. The van der Waals surface area contributed by atoms with Crippen molar-refractivity contribution in [3.05, 3.63) is 11.6 Å². The van der Waals surface area contributed by atoms with Crippen LogP contribution in [0.5, 0.6) is 23.0 Å². The van der Waals surface area contributed by atoms with Gasteiger partial charge in [0.1, 0.15) is 0 Å². The number of aryl methyl sites for hydroxylation is 1. The van der Waals surface area contributed by atoms with Crippen molar-refractivity contribution in [1.29, 1.82) is 0 Å². The molecule has 0 saturated carbocycles. The quantitative estimate of drug-likeness (QED) is 0.859. The van der Waals surface area contributed by atoms with Crippen LogP contribution >= 0.6 is 0 Å². The SMILES string of the molecule is COc1cc(C)c(O)c(OCC(C)C)c1OC. The molecule has 0 aliphatic heterocycles. The van der Waals surface area contributed by atoms with Crippen LogP contribution in [0.15, 0.2) is 6.07 Å². The average molecular weight is 240 g/mol. The molecule has 1 aromatic carbocycles. The predicted molar refractivity (Wildman–Crippen MR) is 66.3 cm³/mol. The Morgan fingerprint density at radius 3 is 2.29 bits per heavy atom. The van der Waals surface area contributed by atoms with E-state index in [4.69, 9.17) is 14.2 Å². The summed E-state index contributed by atoms with van der Waals surface area (Å²) < 4.78 is 16.0. The minimum absolute atomic E-state index is 0.100. The molecule has 0 amide bonds. The van der Waals surface area contributed by atoms with E-state index >= 15 is 0 Å². The molecule has 0 fully saturated rings. The Labute approximate surface area is 102 Å². The summed E-state index contributed by atoms with van der Waals surface area (Å²) in [4.78, 5) is 0. The molecule has 96 valence electrons. The zero-order valence-corrected chi connectivity index (χ0v) is 11.0. The van der Waals surface area contributed by atoms with E-state index in [1.807, 2.05) is 13.8 Å². The highest BCUT2D eigenvalue weighted by molar-refractivity contribution is 5.61. The van der Waals surface area contributed by atoms with Crippen molar-refractivity contribution in [3.63, 3.8) is 0 Å². The second kappa shape index (κ2) is 5.66. The van der Waals surface area contributed by atoms with Crippen LogP contribution in [-0.2, 0) is 0 Å². The van der Waals surface area contributed by atoms with Crippen LogP contribution in [0.4, 0.5) is 0 Å². The van der Waals surface area contributed by atoms with Crippen LogP contribution in [0, 0.1) is 12.8 Å². The smallest absolute Gasteiger partial charge is 0.207 e. The molecule has 4 nitrogen and oxygen atoms in total. The number of aromatic hydroxyl groups is 1. The minimum Gasteiger partial charge on any atom is -0.504 e. The third-order valence-corrected chi connectivity index (χ3v) is 2.35. The number of ether oxygens (including phenoxy) is 3. The molecule has 0 saturated heterocycles. The Hall–Kier alpha value is -1.58. The lowest BCUT2D eigenvalue weighted by Gasteiger charge is -2.17. The molecule has 0 radical (unpaired) electrons. The zero-order chi connectivity index (χ0) is 13.0. The fraction of sp³-hybridized carbons (Fsp3) is 0.538. The first-order valence-corrected chi connectivity index (χ1v) is 5.58. The lowest BCUT2D eigenvalue weighted by atomic mass is 10.1. The predicted octanol–water partition coefficient (Wildman–Crippen LogP) is 2.75. The lowest BCUT2D eigenvalue weighted by Crippen LogP contribution is -2.06. The molecular formula is C13H20O4. The monoisotopic (exact) mass is 240 g/mol. The molecule has 0 atom stereocenters. The van der Waals surface area contributed by atoms with Crippen LogP contribution in [0.1, 0.15) is 19.4 Å². The van der Waals surface area contributed by atoms with Crippen molar-refractivity contribution in [2.75, 3.05) is 20.8 Å². The fourth-order valence-corrected chi connectivity index (χ4v) is 1.46. The van der Waals surface area contributed by atoms with Crippen molar-refractivity contribution in [2.45, 2.75) is 20.8 Å². The Morgan fingerprint density at radius 1 is 1.18 bits per heavy atom. The number of rotatable bonds is 5. The van der Waals surface area contributed by atoms with E-state index in [-0.39, 0.29) is 5.75 Å². The van der Waals surface area contributed by atoms with Gasteiger partial charge in [0.05, 0.1) is 20.8 Å². The first kappa shape index (κ1) is 13.5. The van der Waals surface area contributed by atoms with Gasteiger partial charge in [-0.15, -0.1) is 0 Å². The molecule has 0 aliphatic rings. The Morgan fingerprint density at radius 2 is 1.82 bits per heavy atom. The molecule has 0 unspecified atom stereocenters. The number of hydrogen-bond acceptors (Lipinski definition) is 4. The van der Waals surface area contributed by atoms with Gasteiger partial charge < -0.3 is 19.3 Å². The van der Waals surface area contributed by atoms with Gasteiger partial charge in [-0.05, 0) is 24.5 Å². The van der Waals surface area contributed by atoms with E-state index in [2.05, 4.69) is 0 Å². The number of benzene rings is 1. The Balaban J connectivity index is 3.18. The first-order valence-electron chi connectivity index (χ1n) is 5.58. The summed E-state index contributed by atoms with van der Waals surface area (Å²) in [5, 5.41) is 9.98. The van der Waals surface area contributed by atoms with E-state index < -0.39 is 0 Å². The number of phenols is 1. The van der Waals surface area contributed by atoms with E-state index in [9.17, 15) is 5.11 Å². The van der Waals surface area contributed by atoms with Gasteiger partial charge >= 0.3 is 0 Å². The van der Waals surface area contributed by atoms with Gasteiger partial charge in [-0.3, -0.25) is 0 Å². The first-order chi connectivity index (χ1) is 8.01. The molecule has 1 N–H and O–H groups in total. The van der Waals surface area contributed by atoms with Crippen LogP contribution in [0.2, 0.25) is 0 Å². The van der Waals surface area contributed by atoms with Crippen LogP contribution in [0.25, 0.3) is 0 Å². The molecular weight excluding hydrogens is 220 g/mol. The van der Waals surface area contributed by atoms with Gasteiger partial charge in [-0.1, -0.05) is 13.8 Å². The molecule has 0 heterocycles. The highest BCUT2D eigenvalue weighted by Crippen LogP contribution is 2.45. The summed E-state index contributed by atoms with van der Waals surface area (Å²) in [5.74, 6) is 1.80. The summed E-state index contributed by atoms with van der Waals surface area (Å²) in [6.45, 7) is 6.38. The topological polar surface area (TPSA) is 47.9 Å². The number of hydrogen-bond donors (Lipinski definition) is 1. The Bertz CT molecular complexity index is 385. The maximum absolute atomic E-state index is 9.98. The van der Waals surface area contributed by atoms with Crippen molar-refractivity contribution in [1.82, 2.24) is 0 Å². The van der Waals surface area contributed by atoms with E-state index in [0.717, 1.165) is 0 Å². The van der Waals surface area contributed by atoms with E-state index in [0.29, 0.717) is 35.3 Å². The highest BCUT2D eigenvalue weighted by Gasteiger charge is 2.19. The second-order valence-electron chi connectivity index (χ2n) is 4.31. The zero-order valence-electron chi connectivity index (χ0n) is 11.0. The third-order valence-electron chi connectivity index (χ3n) is 2.35. The summed E-state index contributed by atoms with van der Waals surface area (Å²) in [5.41, 5.74) is 0.696. The summed E-state index contributed by atoms with van der Waals surface area (Å²) >= 11 is 0. The van der Waals surface area contributed by atoms with Gasteiger partial charge in [0.2, 0.25) is 11.5 Å². The highest BCUT2D eigenvalue weighted by atomic mass is 16.5. The second-order valence-corrected chi connectivity index (χ2v) is 4.31. The van der Waals surface area contributed by atoms with Crippen molar-refractivity contribution >= 4 is 0 Å². The van der Waals surface area contributed by atoms with E-state index in [1.165, 1.54) is 7.11 Å². The maximum Gasteiger partial charge on any atom is 0.207 e. The molecule has 0 aliphatic carbocycles. The molecule has 0 spiro atoms. The average Bonchev–Trinajstić information content (AvgIpc) is 2.29. The normalized spacial score (nSPS) is 10.5. The third kappa shape index (κ3) is 2.96. The number of methoxy groups -OCH3 is 2. The molecule has 1 aromatic rings. The summed E-state index contributed by atoms with van der Waals surface area (Å²) in [6.07, 6.45) is 0. The largest absolute Gasteiger partial charge is 0.504 e. The van der Waals surface area contributed by atoms with E-state index in [1.54, 1.807) is 20.1 Å². The molecule has 0 bridgehead atoms. The van der Waals surface area contributed by atoms with Crippen molar-refractivity contribution < 1.29 is 19.3 Å². The van der Waals surface area contributed by atoms with Gasteiger partial charge in [-0.25, -0.2) is 0 Å². The van der Waals surface area contributed by atoms with Crippen molar-refractivity contribution in [2.24, 2.45) is 5.92 Å².